The van der Waals surface area contributed by atoms with Crippen molar-refractivity contribution >= 4 is 17.5 Å². The molecule has 0 bridgehead atoms. The molecule has 0 heterocycles. The highest BCUT2D eigenvalue weighted by molar-refractivity contribution is 6.30. The van der Waals surface area contributed by atoms with Crippen molar-refractivity contribution in [2.45, 2.75) is 25.8 Å². The Morgan fingerprint density at radius 1 is 1.00 bits per heavy atom. The van der Waals surface area contributed by atoms with Gasteiger partial charge in [-0.25, -0.2) is 0 Å². The lowest BCUT2D eigenvalue weighted by molar-refractivity contribution is -0.131. The number of nitrogens with zero attached hydrogens (tertiary/aromatic N) is 1. The molecule has 2 N–H and O–H groups in total. The highest BCUT2D eigenvalue weighted by atomic mass is 35.5. The average molecular weight is 331 g/mol. The SMILES string of the molecule is NCCCN(Cc1ccccc1)C(=O)CCc1ccc(Cl)cc1. The minimum absolute atomic E-state index is 0.164. The quantitative estimate of drug-likeness (QED) is 0.803. The van der Waals surface area contributed by atoms with Crippen LogP contribution in [-0.4, -0.2) is 23.9 Å². The first-order valence-corrected chi connectivity index (χ1v) is 8.33. The normalized spacial score (nSPS) is 10.5. The van der Waals surface area contributed by atoms with Crippen molar-refractivity contribution in [2.24, 2.45) is 5.73 Å². The van der Waals surface area contributed by atoms with Gasteiger partial charge in [-0.1, -0.05) is 54.1 Å². The Balaban J connectivity index is 1.94. The van der Waals surface area contributed by atoms with Crippen molar-refractivity contribution in [1.29, 1.82) is 0 Å². The third kappa shape index (κ3) is 6.05. The third-order valence-corrected chi connectivity index (χ3v) is 3.99. The summed E-state index contributed by atoms with van der Waals surface area (Å²) in [5.41, 5.74) is 7.87. The number of carbonyl (C=O) groups is 1. The third-order valence-electron chi connectivity index (χ3n) is 3.74. The van der Waals surface area contributed by atoms with Gasteiger partial charge in [-0.05, 0) is 42.6 Å². The van der Waals surface area contributed by atoms with Crippen LogP contribution in [0.3, 0.4) is 0 Å². The van der Waals surface area contributed by atoms with Gasteiger partial charge in [0.1, 0.15) is 0 Å². The molecule has 2 rings (SSSR count). The van der Waals surface area contributed by atoms with Crippen molar-refractivity contribution in [3.63, 3.8) is 0 Å². The number of amides is 1. The molecule has 0 fully saturated rings. The second kappa shape index (κ2) is 9.33. The van der Waals surface area contributed by atoms with E-state index in [1.807, 2.05) is 59.5 Å². The molecule has 0 saturated carbocycles. The van der Waals surface area contributed by atoms with Crippen LogP contribution in [0.1, 0.15) is 24.0 Å². The van der Waals surface area contributed by atoms with Crippen LogP contribution in [0.25, 0.3) is 0 Å². The van der Waals surface area contributed by atoms with Crippen molar-refractivity contribution in [3.05, 3.63) is 70.7 Å². The Morgan fingerprint density at radius 2 is 1.70 bits per heavy atom. The fourth-order valence-corrected chi connectivity index (χ4v) is 2.56. The summed E-state index contributed by atoms with van der Waals surface area (Å²) in [6, 6.07) is 17.7. The zero-order valence-electron chi connectivity index (χ0n) is 13.2. The molecule has 0 radical (unpaired) electrons. The van der Waals surface area contributed by atoms with Gasteiger partial charge in [-0.2, -0.15) is 0 Å². The maximum Gasteiger partial charge on any atom is 0.223 e. The van der Waals surface area contributed by atoms with Crippen LogP contribution in [0.4, 0.5) is 0 Å². The Hall–Kier alpha value is -1.84. The zero-order chi connectivity index (χ0) is 16.5. The van der Waals surface area contributed by atoms with Gasteiger partial charge < -0.3 is 10.6 Å². The van der Waals surface area contributed by atoms with E-state index in [9.17, 15) is 4.79 Å². The Bertz CT molecular complexity index is 599. The van der Waals surface area contributed by atoms with Crippen LogP contribution in [0, 0.1) is 0 Å². The molecule has 1 amide bonds. The van der Waals surface area contributed by atoms with E-state index >= 15 is 0 Å². The number of halogens is 1. The lowest BCUT2D eigenvalue weighted by Gasteiger charge is -2.23. The van der Waals surface area contributed by atoms with Crippen LogP contribution in [0.15, 0.2) is 54.6 Å². The van der Waals surface area contributed by atoms with Gasteiger partial charge in [0.25, 0.3) is 0 Å². The molecule has 0 aromatic heterocycles. The van der Waals surface area contributed by atoms with Crippen LogP contribution in [-0.2, 0) is 17.8 Å². The van der Waals surface area contributed by atoms with Crippen LogP contribution < -0.4 is 5.73 Å². The molecule has 122 valence electrons. The van der Waals surface area contributed by atoms with Crippen molar-refractivity contribution in [3.8, 4) is 0 Å². The average Bonchev–Trinajstić information content (AvgIpc) is 2.58. The van der Waals surface area contributed by atoms with E-state index in [0.29, 0.717) is 31.1 Å². The highest BCUT2D eigenvalue weighted by Crippen LogP contribution is 2.13. The lowest BCUT2D eigenvalue weighted by atomic mass is 10.1. The number of rotatable bonds is 8. The van der Waals surface area contributed by atoms with Crippen LogP contribution in [0.5, 0.6) is 0 Å². The second-order valence-corrected chi connectivity index (χ2v) is 6.01. The van der Waals surface area contributed by atoms with Crippen molar-refractivity contribution in [1.82, 2.24) is 4.90 Å². The first-order chi connectivity index (χ1) is 11.2. The number of hydrogen-bond acceptors (Lipinski definition) is 2. The molecule has 0 unspecified atom stereocenters. The van der Waals surface area contributed by atoms with E-state index < -0.39 is 0 Å². The number of nitrogens with two attached hydrogens (primary N) is 1. The summed E-state index contributed by atoms with van der Waals surface area (Å²) in [6.45, 7) is 1.93. The predicted octanol–water partition coefficient (Wildman–Crippen LogP) is 3.65. The van der Waals surface area contributed by atoms with Crippen molar-refractivity contribution in [2.75, 3.05) is 13.1 Å². The molecule has 0 saturated heterocycles. The summed E-state index contributed by atoms with van der Waals surface area (Å²) in [5.74, 6) is 0.164. The Labute approximate surface area is 143 Å². The number of carbonyl (C=O) groups excluding carboxylic acids is 1. The lowest BCUT2D eigenvalue weighted by Crippen LogP contribution is -2.32. The summed E-state index contributed by atoms with van der Waals surface area (Å²) in [7, 11) is 0. The largest absolute Gasteiger partial charge is 0.338 e. The van der Waals surface area contributed by atoms with Gasteiger partial charge in [-0.3, -0.25) is 4.79 Å². The maximum atomic E-state index is 12.6. The molecular formula is C19H23ClN2O. The predicted molar refractivity (Wildman–Crippen MR) is 95.3 cm³/mol. The van der Waals surface area contributed by atoms with E-state index in [0.717, 1.165) is 24.0 Å². The second-order valence-electron chi connectivity index (χ2n) is 5.57. The molecule has 0 aliphatic carbocycles. The number of benzene rings is 2. The molecule has 2 aromatic carbocycles. The van der Waals surface area contributed by atoms with Crippen molar-refractivity contribution < 1.29 is 4.79 Å². The van der Waals surface area contributed by atoms with E-state index in [1.54, 1.807) is 0 Å². The molecule has 0 aliphatic rings. The molecule has 0 atom stereocenters. The standard InChI is InChI=1S/C19H23ClN2O/c20-18-10-7-16(8-11-18)9-12-19(23)22(14-4-13-21)15-17-5-2-1-3-6-17/h1-3,5-8,10-11H,4,9,12-15,21H2. The Morgan fingerprint density at radius 3 is 2.35 bits per heavy atom. The first kappa shape index (κ1) is 17.5. The first-order valence-electron chi connectivity index (χ1n) is 7.95. The zero-order valence-corrected chi connectivity index (χ0v) is 14.0. The summed E-state index contributed by atoms with van der Waals surface area (Å²) in [5, 5.41) is 0.716. The van der Waals surface area contributed by atoms with Gasteiger partial charge in [0.05, 0.1) is 0 Å². The monoisotopic (exact) mass is 330 g/mol. The summed E-state index contributed by atoms with van der Waals surface area (Å²) in [6.07, 6.45) is 2.04. The van der Waals surface area contributed by atoms with E-state index in [2.05, 4.69) is 0 Å². The Kier molecular flexibility index (Phi) is 7.11. The number of aryl methyl sites for hydroxylation is 1. The topological polar surface area (TPSA) is 46.3 Å². The summed E-state index contributed by atoms with van der Waals surface area (Å²) >= 11 is 5.89. The molecular weight excluding hydrogens is 308 g/mol. The summed E-state index contributed by atoms with van der Waals surface area (Å²) < 4.78 is 0. The van der Waals surface area contributed by atoms with Gasteiger partial charge in [0, 0.05) is 24.5 Å². The molecule has 2 aromatic rings. The minimum Gasteiger partial charge on any atom is -0.338 e. The molecule has 0 spiro atoms. The van der Waals surface area contributed by atoms with E-state index in [1.165, 1.54) is 0 Å². The van der Waals surface area contributed by atoms with Crippen LogP contribution in [0.2, 0.25) is 5.02 Å². The van der Waals surface area contributed by atoms with Crippen LogP contribution >= 0.6 is 11.6 Å². The van der Waals surface area contributed by atoms with Gasteiger partial charge in [0.15, 0.2) is 0 Å². The van der Waals surface area contributed by atoms with Gasteiger partial charge in [-0.15, -0.1) is 0 Å². The molecule has 4 heteroatoms. The highest BCUT2D eigenvalue weighted by Gasteiger charge is 2.13. The van der Waals surface area contributed by atoms with E-state index in [4.69, 9.17) is 17.3 Å². The van der Waals surface area contributed by atoms with Gasteiger partial charge in [0.2, 0.25) is 5.91 Å². The fraction of sp³-hybridized carbons (Fsp3) is 0.316. The van der Waals surface area contributed by atoms with Gasteiger partial charge >= 0.3 is 0 Å². The number of hydrogen-bond donors (Lipinski definition) is 1. The molecule has 0 aliphatic heterocycles. The minimum atomic E-state index is 0.164. The smallest absolute Gasteiger partial charge is 0.223 e. The molecule has 23 heavy (non-hydrogen) atoms. The molecule has 3 nitrogen and oxygen atoms in total. The van der Waals surface area contributed by atoms with E-state index in [-0.39, 0.29) is 5.91 Å². The fourth-order valence-electron chi connectivity index (χ4n) is 2.44. The maximum absolute atomic E-state index is 12.6. The summed E-state index contributed by atoms with van der Waals surface area (Å²) in [4.78, 5) is 14.5.